The molecule has 1 amide bonds. The third kappa shape index (κ3) is 4.80. The number of nitrogens with one attached hydrogen (secondary N) is 2. The van der Waals surface area contributed by atoms with Crippen molar-refractivity contribution < 1.29 is 4.79 Å². The fraction of sp³-hybridized carbons (Fsp3) is 0.150. The first-order valence-corrected chi connectivity index (χ1v) is 8.62. The van der Waals surface area contributed by atoms with E-state index in [1.807, 2.05) is 55.5 Å². The molecule has 2 N–H and O–H groups in total. The highest BCUT2D eigenvalue weighted by Gasteiger charge is 2.08. The number of amides is 1. The van der Waals surface area contributed by atoms with Crippen molar-refractivity contribution >= 4 is 23.5 Å². The third-order valence-electron chi connectivity index (χ3n) is 3.98. The predicted molar refractivity (Wildman–Crippen MR) is 103 cm³/mol. The number of hydrogen-bond acceptors (Lipinski definition) is 4. The number of aryl methyl sites for hydroxylation is 1. The minimum absolute atomic E-state index is 0.197. The van der Waals surface area contributed by atoms with Crippen molar-refractivity contribution in [2.75, 3.05) is 5.32 Å². The normalized spacial score (nSPS) is 10.4. The molecule has 26 heavy (non-hydrogen) atoms. The summed E-state index contributed by atoms with van der Waals surface area (Å²) in [5.74, 6) is 0.271. The molecule has 2 aromatic carbocycles. The highest BCUT2D eigenvalue weighted by Crippen LogP contribution is 2.11. The zero-order chi connectivity index (χ0) is 18.4. The number of halogens is 1. The van der Waals surface area contributed by atoms with Gasteiger partial charge in [0.1, 0.15) is 0 Å². The fourth-order valence-electron chi connectivity index (χ4n) is 2.41. The molecule has 0 aliphatic carbocycles. The van der Waals surface area contributed by atoms with E-state index in [9.17, 15) is 4.79 Å². The van der Waals surface area contributed by atoms with Crippen molar-refractivity contribution in [2.24, 2.45) is 0 Å². The molecule has 0 spiro atoms. The van der Waals surface area contributed by atoms with E-state index in [-0.39, 0.29) is 5.91 Å². The molecule has 0 fully saturated rings. The van der Waals surface area contributed by atoms with Crippen LogP contribution in [0.25, 0.3) is 0 Å². The molecule has 1 heterocycles. The maximum absolute atomic E-state index is 12.2. The Morgan fingerprint density at radius 3 is 2.38 bits per heavy atom. The van der Waals surface area contributed by atoms with Crippen LogP contribution in [-0.4, -0.2) is 15.9 Å². The van der Waals surface area contributed by atoms with E-state index < -0.39 is 0 Å². The molecule has 6 heteroatoms. The summed E-state index contributed by atoms with van der Waals surface area (Å²) in [7, 11) is 0. The van der Waals surface area contributed by atoms with E-state index in [2.05, 4.69) is 20.6 Å². The summed E-state index contributed by atoms with van der Waals surface area (Å²) in [6, 6.07) is 15.5. The minimum atomic E-state index is -0.197. The second-order valence-electron chi connectivity index (χ2n) is 5.88. The average molecular weight is 367 g/mol. The Labute approximate surface area is 157 Å². The number of hydrogen-bond donors (Lipinski definition) is 2. The Balaban J connectivity index is 1.54. The highest BCUT2D eigenvalue weighted by atomic mass is 35.5. The maximum Gasteiger partial charge on any atom is 0.254 e. The Morgan fingerprint density at radius 2 is 1.69 bits per heavy atom. The number of anilines is 1. The number of aromatic nitrogens is 2. The van der Waals surface area contributed by atoms with Gasteiger partial charge in [-0.3, -0.25) is 4.79 Å². The molecule has 0 saturated carbocycles. The van der Waals surface area contributed by atoms with Gasteiger partial charge in [-0.2, -0.15) is 0 Å². The molecular formula is C20H19ClN4O. The SMILES string of the molecule is Cc1ccccc1CNC(=O)c1cnc(NCc2ccc(Cl)cc2)nc1. The van der Waals surface area contributed by atoms with Gasteiger partial charge in [0.05, 0.1) is 5.56 Å². The van der Waals surface area contributed by atoms with Crippen LogP contribution in [0.15, 0.2) is 60.9 Å². The summed E-state index contributed by atoms with van der Waals surface area (Å²) in [6.45, 7) is 3.07. The van der Waals surface area contributed by atoms with Crippen LogP contribution in [0.4, 0.5) is 5.95 Å². The van der Waals surface area contributed by atoms with Crippen LogP contribution in [0.5, 0.6) is 0 Å². The first-order valence-electron chi connectivity index (χ1n) is 8.25. The van der Waals surface area contributed by atoms with Gasteiger partial charge >= 0.3 is 0 Å². The van der Waals surface area contributed by atoms with Gasteiger partial charge < -0.3 is 10.6 Å². The van der Waals surface area contributed by atoms with Crippen LogP contribution in [-0.2, 0) is 13.1 Å². The molecule has 0 bridgehead atoms. The smallest absolute Gasteiger partial charge is 0.254 e. The highest BCUT2D eigenvalue weighted by molar-refractivity contribution is 6.30. The van der Waals surface area contributed by atoms with Crippen molar-refractivity contribution in [2.45, 2.75) is 20.0 Å². The summed E-state index contributed by atoms with van der Waals surface area (Å²) in [6.07, 6.45) is 3.04. The van der Waals surface area contributed by atoms with Gasteiger partial charge in [-0.15, -0.1) is 0 Å². The quantitative estimate of drug-likeness (QED) is 0.692. The third-order valence-corrected chi connectivity index (χ3v) is 4.23. The van der Waals surface area contributed by atoms with E-state index >= 15 is 0 Å². The monoisotopic (exact) mass is 366 g/mol. The van der Waals surface area contributed by atoms with Gasteiger partial charge in [-0.1, -0.05) is 48.0 Å². The molecule has 3 rings (SSSR count). The summed E-state index contributed by atoms with van der Waals surface area (Å²) in [5.41, 5.74) is 3.72. The van der Waals surface area contributed by atoms with Crippen LogP contribution in [0.3, 0.4) is 0 Å². The molecule has 0 unspecified atom stereocenters. The van der Waals surface area contributed by atoms with Crippen LogP contribution in [0, 0.1) is 6.92 Å². The van der Waals surface area contributed by atoms with Crippen molar-refractivity contribution in [3.8, 4) is 0 Å². The van der Waals surface area contributed by atoms with Gasteiger partial charge in [0.2, 0.25) is 5.95 Å². The zero-order valence-corrected chi connectivity index (χ0v) is 15.1. The van der Waals surface area contributed by atoms with Gasteiger partial charge in [0.15, 0.2) is 0 Å². The van der Waals surface area contributed by atoms with Gasteiger partial charge in [-0.25, -0.2) is 9.97 Å². The molecule has 0 saturated heterocycles. The number of rotatable bonds is 6. The topological polar surface area (TPSA) is 66.9 Å². The molecule has 0 atom stereocenters. The molecule has 5 nitrogen and oxygen atoms in total. The van der Waals surface area contributed by atoms with Crippen LogP contribution in [0.1, 0.15) is 27.0 Å². The Bertz CT molecular complexity index is 879. The summed E-state index contributed by atoms with van der Waals surface area (Å²) in [5, 5.41) is 6.70. The van der Waals surface area contributed by atoms with Crippen molar-refractivity contribution in [1.29, 1.82) is 0 Å². The maximum atomic E-state index is 12.2. The summed E-state index contributed by atoms with van der Waals surface area (Å²) in [4.78, 5) is 20.6. The van der Waals surface area contributed by atoms with Gasteiger partial charge in [0.25, 0.3) is 5.91 Å². The van der Waals surface area contributed by atoms with E-state index in [1.165, 1.54) is 12.4 Å². The van der Waals surface area contributed by atoms with E-state index in [4.69, 9.17) is 11.6 Å². The van der Waals surface area contributed by atoms with Crippen LogP contribution < -0.4 is 10.6 Å². The Hall–Kier alpha value is -2.92. The Kier molecular flexibility index (Phi) is 5.81. The minimum Gasteiger partial charge on any atom is -0.350 e. The predicted octanol–water partition coefficient (Wildman–Crippen LogP) is 3.98. The van der Waals surface area contributed by atoms with E-state index in [0.717, 1.165) is 16.7 Å². The molecule has 0 aliphatic heterocycles. The lowest BCUT2D eigenvalue weighted by molar-refractivity contribution is 0.0950. The fourth-order valence-corrected chi connectivity index (χ4v) is 2.53. The summed E-state index contributed by atoms with van der Waals surface area (Å²) >= 11 is 5.87. The van der Waals surface area contributed by atoms with Gasteiger partial charge in [-0.05, 0) is 35.7 Å². The molecule has 0 aliphatic rings. The average Bonchev–Trinajstić information content (AvgIpc) is 2.67. The molecular weight excluding hydrogens is 348 g/mol. The lowest BCUT2D eigenvalue weighted by atomic mass is 10.1. The number of carbonyl (C=O) groups is 1. The van der Waals surface area contributed by atoms with E-state index in [1.54, 1.807) is 0 Å². The lowest BCUT2D eigenvalue weighted by Crippen LogP contribution is -2.23. The number of carbonyl (C=O) groups excluding carboxylic acids is 1. The van der Waals surface area contributed by atoms with Crippen molar-refractivity contribution in [3.05, 3.63) is 88.2 Å². The van der Waals surface area contributed by atoms with Crippen molar-refractivity contribution in [3.63, 3.8) is 0 Å². The number of benzene rings is 2. The van der Waals surface area contributed by atoms with Crippen LogP contribution in [0.2, 0.25) is 5.02 Å². The second kappa shape index (κ2) is 8.45. The standard InChI is InChI=1S/C20H19ClN4O/c1-14-4-2-3-5-16(14)11-22-19(26)17-12-24-20(25-13-17)23-10-15-6-8-18(21)9-7-15/h2-9,12-13H,10-11H2,1H3,(H,22,26)(H,23,24,25). The van der Waals surface area contributed by atoms with Gasteiger partial charge in [0, 0.05) is 30.5 Å². The van der Waals surface area contributed by atoms with Crippen LogP contribution >= 0.6 is 11.6 Å². The second-order valence-corrected chi connectivity index (χ2v) is 6.32. The molecule has 0 radical (unpaired) electrons. The lowest BCUT2D eigenvalue weighted by Gasteiger charge is -2.08. The Morgan fingerprint density at radius 1 is 1.00 bits per heavy atom. The molecule has 3 aromatic rings. The molecule has 132 valence electrons. The molecule has 1 aromatic heterocycles. The number of nitrogens with zero attached hydrogens (tertiary/aromatic N) is 2. The first kappa shape index (κ1) is 17.9. The van der Waals surface area contributed by atoms with E-state index in [0.29, 0.717) is 29.6 Å². The largest absolute Gasteiger partial charge is 0.350 e. The zero-order valence-electron chi connectivity index (χ0n) is 14.4. The van der Waals surface area contributed by atoms with Crippen molar-refractivity contribution in [1.82, 2.24) is 15.3 Å². The first-order chi connectivity index (χ1) is 12.6. The summed E-state index contributed by atoms with van der Waals surface area (Å²) < 4.78 is 0.